The molecule has 7 nitrogen and oxygen atoms in total. The average molecular weight is 425 g/mol. The van der Waals surface area contributed by atoms with E-state index in [9.17, 15) is 14.4 Å². The van der Waals surface area contributed by atoms with Gasteiger partial charge in [-0.2, -0.15) is 0 Å². The van der Waals surface area contributed by atoms with Gasteiger partial charge in [-0.15, -0.1) is 11.3 Å². The lowest BCUT2D eigenvalue weighted by molar-refractivity contribution is -0.116. The van der Waals surface area contributed by atoms with Gasteiger partial charge in [0.1, 0.15) is 10.7 Å². The molecule has 0 fully saturated rings. The molecule has 8 heteroatoms. The van der Waals surface area contributed by atoms with Crippen LogP contribution in [0, 0.1) is 6.92 Å². The van der Waals surface area contributed by atoms with Crippen LogP contribution in [0.15, 0.2) is 35.1 Å². The van der Waals surface area contributed by atoms with E-state index in [1.807, 2.05) is 18.2 Å². The Labute approximate surface area is 178 Å². The predicted molar refractivity (Wildman–Crippen MR) is 118 cm³/mol. The van der Waals surface area contributed by atoms with E-state index in [2.05, 4.69) is 5.32 Å². The summed E-state index contributed by atoms with van der Waals surface area (Å²) in [5.41, 5.74) is 1.27. The van der Waals surface area contributed by atoms with Crippen molar-refractivity contribution in [3.63, 3.8) is 0 Å². The molecule has 1 aliphatic heterocycles. The van der Waals surface area contributed by atoms with Crippen LogP contribution in [0.5, 0.6) is 0 Å². The van der Waals surface area contributed by atoms with Crippen LogP contribution in [0.2, 0.25) is 0 Å². The fourth-order valence-corrected chi connectivity index (χ4v) is 4.98. The maximum Gasteiger partial charge on any atom is 0.264 e. The number of nitrogens with zero attached hydrogens (tertiary/aromatic N) is 3. The van der Waals surface area contributed by atoms with Gasteiger partial charge < -0.3 is 10.2 Å². The molecule has 1 N–H and O–H groups in total. The third-order valence-corrected chi connectivity index (χ3v) is 6.56. The van der Waals surface area contributed by atoms with E-state index in [4.69, 9.17) is 4.98 Å². The molecular formula is C22H24N4O3S. The quantitative estimate of drug-likeness (QED) is 0.697. The van der Waals surface area contributed by atoms with Gasteiger partial charge in [0.15, 0.2) is 0 Å². The van der Waals surface area contributed by atoms with Crippen molar-refractivity contribution in [2.75, 3.05) is 18.9 Å². The van der Waals surface area contributed by atoms with E-state index in [1.54, 1.807) is 30.7 Å². The van der Waals surface area contributed by atoms with Gasteiger partial charge in [0.25, 0.3) is 11.5 Å². The van der Waals surface area contributed by atoms with E-state index in [0.29, 0.717) is 32.9 Å². The molecule has 1 aromatic carbocycles. The molecule has 156 valence electrons. The zero-order valence-electron chi connectivity index (χ0n) is 17.1. The van der Waals surface area contributed by atoms with Gasteiger partial charge in [0, 0.05) is 25.7 Å². The molecule has 0 radical (unpaired) electrons. The Morgan fingerprint density at radius 3 is 2.73 bits per heavy atom. The lowest BCUT2D eigenvalue weighted by Gasteiger charge is -2.16. The van der Waals surface area contributed by atoms with E-state index in [-0.39, 0.29) is 23.9 Å². The zero-order chi connectivity index (χ0) is 21.3. The monoisotopic (exact) mass is 424 g/mol. The van der Waals surface area contributed by atoms with Crippen molar-refractivity contribution in [2.45, 2.75) is 39.2 Å². The predicted octanol–water partition coefficient (Wildman–Crippen LogP) is 3.20. The van der Waals surface area contributed by atoms with Crippen molar-refractivity contribution in [3.05, 3.63) is 57.0 Å². The summed E-state index contributed by atoms with van der Waals surface area (Å²) in [6.07, 6.45) is 3.86. The largest absolute Gasteiger partial charge is 0.332 e. The standard InChI is InChI=1S/C22H24N4O3S/c1-14-18-20(24-16-11-7-4-8-12-26(16)21(18)28)30-19(14)22(29)25(2)13-17(27)23-15-9-5-3-6-10-15/h3,5-6,9-10H,4,7-8,11-13H2,1-2H3,(H,23,27). The second-order valence-corrected chi connectivity index (χ2v) is 8.61. The number of hydrogen-bond acceptors (Lipinski definition) is 5. The van der Waals surface area contributed by atoms with Crippen LogP contribution in [-0.4, -0.2) is 39.9 Å². The summed E-state index contributed by atoms with van der Waals surface area (Å²) in [6, 6.07) is 9.11. The number of anilines is 1. The third-order valence-electron chi connectivity index (χ3n) is 5.39. The Morgan fingerprint density at radius 1 is 1.20 bits per heavy atom. The Bertz CT molecular complexity index is 1170. The number of benzene rings is 1. The van der Waals surface area contributed by atoms with Gasteiger partial charge in [-0.3, -0.25) is 19.0 Å². The second-order valence-electron chi connectivity index (χ2n) is 7.61. The molecule has 1 aliphatic rings. The highest BCUT2D eigenvalue weighted by Crippen LogP contribution is 2.29. The smallest absolute Gasteiger partial charge is 0.264 e. The molecule has 0 bridgehead atoms. The van der Waals surface area contributed by atoms with Crippen molar-refractivity contribution in [1.82, 2.24) is 14.5 Å². The molecule has 4 rings (SSSR count). The van der Waals surface area contributed by atoms with Crippen LogP contribution in [0.25, 0.3) is 10.2 Å². The van der Waals surface area contributed by atoms with E-state index in [1.165, 1.54) is 16.2 Å². The molecular weight excluding hydrogens is 400 g/mol. The summed E-state index contributed by atoms with van der Waals surface area (Å²) < 4.78 is 1.76. The van der Waals surface area contributed by atoms with Crippen molar-refractivity contribution >= 4 is 39.1 Å². The van der Waals surface area contributed by atoms with Crippen LogP contribution >= 0.6 is 11.3 Å². The number of carbonyl (C=O) groups excluding carboxylic acids is 2. The molecule has 0 unspecified atom stereocenters. The number of amides is 2. The number of para-hydroxylation sites is 1. The van der Waals surface area contributed by atoms with Crippen LogP contribution in [-0.2, 0) is 17.8 Å². The minimum Gasteiger partial charge on any atom is -0.332 e. The van der Waals surface area contributed by atoms with Crippen LogP contribution in [0.1, 0.15) is 40.3 Å². The summed E-state index contributed by atoms with van der Waals surface area (Å²) in [4.78, 5) is 45.6. The third kappa shape index (κ3) is 3.87. The zero-order valence-corrected chi connectivity index (χ0v) is 17.9. The lowest BCUT2D eigenvalue weighted by atomic mass is 10.2. The van der Waals surface area contributed by atoms with Gasteiger partial charge in [-0.05, 0) is 37.5 Å². The minimum atomic E-state index is -0.279. The minimum absolute atomic E-state index is 0.0610. The molecule has 2 aromatic heterocycles. The van der Waals surface area contributed by atoms with E-state index in [0.717, 1.165) is 31.5 Å². The maximum atomic E-state index is 13.1. The number of likely N-dealkylation sites (N-methyl/N-ethyl adjacent to an activating group) is 1. The Morgan fingerprint density at radius 2 is 1.97 bits per heavy atom. The molecule has 30 heavy (non-hydrogen) atoms. The van der Waals surface area contributed by atoms with Gasteiger partial charge in [0.2, 0.25) is 5.91 Å². The molecule has 3 aromatic rings. The van der Waals surface area contributed by atoms with Crippen LogP contribution < -0.4 is 10.9 Å². The highest BCUT2D eigenvalue weighted by molar-refractivity contribution is 7.20. The number of aromatic nitrogens is 2. The molecule has 3 heterocycles. The SMILES string of the molecule is Cc1c(C(=O)N(C)CC(=O)Nc2ccccc2)sc2nc3n(c(=O)c12)CCCCC3. The molecule has 0 saturated heterocycles. The number of fused-ring (bicyclic) bond motifs is 2. The Balaban J connectivity index is 1.58. The van der Waals surface area contributed by atoms with Gasteiger partial charge in [-0.1, -0.05) is 24.6 Å². The highest BCUT2D eigenvalue weighted by atomic mass is 32.1. The molecule has 0 atom stereocenters. The molecule has 0 saturated carbocycles. The summed E-state index contributed by atoms with van der Waals surface area (Å²) >= 11 is 1.24. The average Bonchev–Trinajstić information content (AvgIpc) is 2.89. The normalized spacial score (nSPS) is 13.5. The van der Waals surface area contributed by atoms with Gasteiger partial charge in [0.05, 0.1) is 16.8 Å². The highest BCUT2D eigenvalue weighted by Gasteiger charge is 2.24. The first-order valence-corrected chi connectivity index (χ1v) is 10.9. The Kier molecular flexibility index (Phi) is 5.67. The molecule has 0 spiro atoms. The van der Waals surface area contributed by atoms with Crippen molar-refractivity contribution in [2.24, 2.45) is 0 Å². The summed E-state index contributed by atoms with van der Waals surface area (Å²) in [6.45, 7) is 2.39. The number of rotatable bonds is 4. The second kappa shape index (κ2) is 8.39. The number of hydrogen-bond donors (Lipinski definition) is 1. The molecule has 2 amide bonds. The fraction of sp³-hybridized carbons (Fsp3) is 0.364. The molecule has 0 aliphatic carbocycles. The van der Waals surface area contributed by atoms with Gasteiger partial charge in [-0.25, -0.2) is 4.98 Å². The number of aryl methyl sites for hydroxylation is 2. The van der Waals surface area contributed by atoms with Crippen molar-refractivity contribution < 1.29 is 9.59 Å². The van der Waals surface area contributed by atoms with Crippen LogP contribution in [0.4, 0.5) is 5.69 Å². The Hall–Kier alpha value is -3.00. The summed E-state index contributed by atoms with van der Waals surface area (Å²) in [5, 5.41) is 3.30. The first kappa shape index (κ1) is 20.3. The number of carbonyl (C=O) groups is 2. The summed E-state index contributed by atoms with van der Waals surface area (Å²) in [7, 11) is 1.59. The maximum absolute atomic E-state index is 13.1. The van der Waals surface area contributed by atoms with Crippen LogP contribution in [0.3, 0.4) is 0 Å². The summed E-state index contributed by atoms with van der Waals surface area (Å²) in [5.74, 6) is 0.250. The van der Waals surface area contributed by atoms with Crippen molar-refractivity contribution in [1.29, 1.82) is 0 Å². The topological polar surface area (TPSA) is 84.3 Å². The fourth-order valence-electron chi connectivity index (χ4n) is 3.80. The first-order valence-electron chi connectivity index (χ1n) is 10.1. The van der Waals surface area contributed by atoms with Crippen molar-refractivity contribution in [3.8, 4) is 0 Å². The number of nitrogens with one attached hydrogen (secondary N) is 1. The van der Waals surface area contributed by atoms with E-state index >= 15 is 0 Å². The first-order chi connectivity index (χ1) is 14.5. The number of thiophene rings is 1. The van der Waals surface area contributed by atoms with Gasteiger partial charge >= 0.3 is 0 Å². The van der Waals surface area contributed by atoms with E-state index < -0.39 is 0 Å². The lowest BCUT2D eigenvalue weighted by Crippen LogP contribution is -2.34.